The van der Waals surface area contributed by atoms with Gasteiger partial charge in [-0.05, 0) is 32.5 Å². The van der Waals surface area contributed by atoms with Crippen molar-refractivity contribution in [3.63, 3.8) is 0 Å². The summed E-state index contributed by atoms with van der Waals surface area (Å²) in [4.78, 5) is 26.3. The van der Waals surface area contributed by atoms with E-state index in [-0.39, 0.29) is 23.9 Å². The van der Waals surface area contributed by atoms with E-state index in [2.05, 4.69) is 0 Å². The molecule has 1 aliphatic rings. The van der Waals surface area contributed by atoms with E-state index in [1.54, 1.807) is 6.08 Å². The summed E-state index contributed by atoms with van der Waals surface area (Å²) in [6.07, 6.45) is 3.43. The van der Waals surface area contributed by atoms with Crippen molar-refractivity contribution in [2.45, 2.75) is 19.4 Å². The molecule has 0 amide bonds. The first-order valence-corrected chi connectivity index (χ1v) is 7.18. The average Bonchev–Trinajstić information content (AvgIpc) is 3.30. The van der Waals surface area contributed by atoms with E-state index in [1.165, 1.54) is 0 Å². The fourth-order valence-corrected chi connectivity index (χ4v) is 1.92. The third kappa shape index (κ3) is 4.83. The second kappa shape index (κ2) is 7.18. The third-order valence-corrected chi connectivity index (χ3v) is 3.31. The van der Waals surface area contributed by atoms with Gasteiger partial charge < -0.3 is 9.64 Å². The lowest BCUT2D eigenvalue weighted by atomic mass is 10.1. The molecule has 4 nitrogen and oxygen atoms in total. The lowest BCUT2D eigenvalue weighted by Crippen LogP contribution is -2.20. The predicted molar refractivity (Wildman–Crippen MR) is 80.6 cm³/mol. The number of hydrogen-bond acceptors (Lipinski definition) is 4. The number of carbonyl (C=O) groups is 2. The molecule has 0 radical (unpaired) electrons. The highest BCUT2D eigenvalue weighted by molar-refractivity contribution is 6.18. The van der Waals surface area contributed by atoms with Crippen molar-refractivity contribution in [1.82, 2.24) is 4.90 Å². The summed E-state index contributed by atoms with van der Waals surface area (Å²) in [6.45, 7) is 0.741. The maximum atomic E-state index is 12.2. The Bertz CT molecular complexity index is 530. The molecule has 0 unspecified atom stereocenters. The number of esters is 1. The molecule has 4 heteroatoms. The van der Waals surface area contributed by atoms with Gasteiger partial charge in [-0.2, -0.15) is 0 Å². The molecule has 0 aromatic heterocycles. The minimum Gasteiger partial charge on any atom is -0.457 e. The van der Waals surface area contributed by atoms with Crippen LogP contribution < -0.4 is 0 Å². The van der Waals surface area contributed by atoms with Crippen molar-refractivity contribution in [3.05, 3.63) is 47.5 Å². The van der Waals surface area contributed by atoms with Crippen LogP contribution in [-0.2, 0) is 20.9 Å². The Balaban J connectivity index is 2.00. The summed E-state index contributed by atoms with van der Waals surface area (Å²) in [5.74, 6) is -0.574. The molecule has 1 saturated carbocycles. The van der Waals surface area contributed by atoms with E-state index in [1.807, 2.05) is 49.3 Å². The van der Waals surface area contributed by atoms with Gasteiger partial charge in [-0.25, -0.2) is 4.79 Å². The number of ether oxygens (including phenoxy) is 1. The van der Waals surface area contributed by atoms with Crippen LogP contribution in [0.2, 0.25) is 0 Å². The van der Waals surface area contributed by atoms with Crippen LogP contribution in [0.15, 0.2) is 42.0 Å². The molecular formula is C17H21NO3. The first-order valence-electron chi connectivity index (χ1n) is 7.18. The number of carbonyl (C=O) groups excluding carboxylic acids is 2. The molecule has 112 valence electrons. The number of hydrogen-bond donors (Lipinski definition) is 0. The highest BCUT2D eigenvalue weighted by Crippen LogP contribution is 2.32. The smallest absolute Gasteiger partial charge is 0.341 e. The number of ketones is 1. The first kappa shape index (κ1) is 15.4. The molecule has 21 heavy (non-hydrogen) atoms. The van der Waals surface area contributed by atoms with Crippen LogP contribution in [0.4, 0.5) is 0 Å². The van der Waals surface area contributed by atoms with Crippen LogP contribution in [0.25, 0.3) is 0 Å². The summed E-state index contributed by atoms with van der Waals surface area (Å²) in [6, 6.07) is 9.46. The normalized spacial score (nSPS) is 15.1. The van der Waals surface area contributed by atoms with E-state index in [4.69, 9.17) is 4.74 Å². The Kier molecular flexibility index (Phi) is 5.28. The highest BCUT2D eigenvalue weighted by Gasteiger charge is 2.34. The van der Waals surface area contributed by atoms with Gasteiger partial charge in [-0.15, -0.1) is 0 Å². The molecule has 0 saturated heterocycles. The van der Waals surface area contributed by atoms with Crippen molar-refractivity contribution < 1.29 is 14.3 Å². The second-order valence-corrected chi connectivity index (χ2v) is 5.58. The summed E-state index contributed by atoms with van der Waals surface area (Å²) >= 11 is 0. The van der Waals surface area contributed by atoms with Crippen LogP contribution in [0.1, 0.15) is 18.4 Å². The van der Waals surface area contributed by atoms with Crippen molar-refractivity contribution in [1.29, 1.82) is 0 Å². The Labute approximate surface area is 125 Å². The lowest BCUT2D eigenvalue weighted by molar-refractivity contribution is -0.141. The van der Waals surface area contributed by atoms with Crippen LogP contribution in [0.3, 0.4) is 0 Å². The van der Waals surface area contributed by atoms with Gasteiger partial charge >= 0.3 is 5.97 Å². The van der Waals surface area contributed by atoms with Gasteiger partial charge in [0.1, 0.15) is 12.2 Å². The zero-order chi connectivity index (χ0) is 15.2. The number of nitrogens with zero attached hydrogens (tertiary/aromatic N) is 1. The molecule has 1 aromatic carbocycles. The van der Waals surface area contributed by atoms with Gasteiger partial charge in [0, 0.05) is 12.5 Å². The molecule has 0 N–H and O–H groups in total. The number of rotatable bonds is 7. The minimum atomic E-state index is -0.516. The fourth-order valence-electron chi connectivity index (χ4n) is 1.92. The summed E-state index contributed by atoms with van der Waals surface area (Å²) in [5.41, 5.74) is 1.11. The van der Waals surface area contributed by atoms with Gasteiger partial charge in [-0.1, -0.05) is 36.4 Å². The zero-order valence-corrected chi connectivity index (χ0v) is 12.5. The van der Waals surface area contributed by atoms with Gasteiger partial charge in [0.25, 0.3) is 0 Å². The summed E-state index contributed by atoms with van der Waals surface area (Å²) in [7, 11) is 3.79. The van der Waals surface area contributed by atoms with E-state index in [9.17, 15) is 9.59 Å². The fraction of sp³-hybridized carbons (Fsp3) is 0.412. The van der Waals surface area contributed by atoms with Crippen molar-refractivity contribution in [2.24, 2.45) is 5.92 Å². The monoisotopic (exact) mass is 287 g/mol. The molecule has 0 heterocycles. The van der Waals surface area contributed by atoms with Crippen LogP contribution in [0, 0.1) is 5.92 Å². The molecule has 0 bridgehead atoms. The van der Waals surface area contributed by atoms with Gasteiger partial charge in [0.05, 0.1) is 0 Å². The average molecular weight is 287 g/mol. The topological polar surface area (TPSA) is 46.6 Å². The summed E-state index contributed by atoms with van der Waals surface area (Å²) < 4.78 is 5.28. The molecular weight excluding hydrogens is 266 g/mol. The second-order valence-electron chi connectivity index (χ2n) is 5.58. The Morgan fingerprint density at radius 3 is 2.48 bits per heavy atom. The van der Waals surface area contributed by atoms with Crippen LogP contribution >= 0.6 is 0 Å². The van der Waals surface area contributed by atoms with Crippen molar-refractivity contribution in [2.75, 3.05) is 20.6 Å². The zero-order valence-electron chi connectivity index (χ0n) is 12.5. The third-order valence-electron chi connectivity index (χ3n) is 3.31. The molecule has 0 spiro atoms. The predicted octanol–water partition coefficient (Wildman–Crippen LogP) is 2.20. The summed E-state index contributed by atoms with van der Waals surface area (Å²) in [5, 5.41) is 0. The molecule has 1 aromatic rings. The first-order chi connectivity index (χ1) is 10.1. The minimum absolute atomic E-state index is 0.0164. The lowest BCUT2D eigenvalue weighted by Gasteiger charge is -2.10. The molecule has 1 fully saturated rings. The van der Waals surface area contributed by atoms with E-state index in [0.29, 0.717) is 6.54 Å². The number of benzene rings is 1. The van der Waals surface area contributed by atoms with Crippen molar-refractivity contribution in [3.8, 4) is 0 Å². The Hall–Kier alpha value is -1.94. The van der Waals surface area contributed by atoms with Gasteiger partial charge in [0.15, 0.2) is 5.78 Å². The van der Waals surface area contributed by atoms with E-state index >= 15 is 0 Å². The van der Waals surface area contributed by atoms with Crippen LogP contribution in [0.5, 0.6) is 0 Å². The number of likely N-dealkylation sites (N-methyl/N-ethyl adjacent to an activating group) is 1. The maximum absolute atomic E-state index is 12.2. The van der Waals surface area contributed by atoms with Gasteiger partial charge in [-0.3, -0.25) is 4.79 Å². The van der Waals surface area contributed by atoms with Crippen LogP contribution in [-0.4, -0.2) is 37.3 Å². The molecule has 2 rings (SSSR count). The quantitative estimate of drug-likeness (QED) is 0.334. The SMILES string of the molecule is CN(C)C/C=C(\C(=O)OCc1ccccc1)C(=O)C1CC1. The Morgan fingerprint density at radius 1 is 1.24 bits per heavy atom. The van der Waals surface area contributed by atoms with E-state index in [0.717, 1.165) is 18.4 Å². The largest absolute Gasteiger partial charge is 0.457 e. The van der Waals surface area contributed by atoms with E-state index < -0.39 is 5.97 Å². The van der Waals surface area contributed by atoms with Gasteiger partial charge in [0.2, 0.25) is 0 Å². The van der Waals surface area contributed by atoms with Crippen molar-refractivity contribution >= 4 is 11.8 Å². The molecule has 0 aliphatic heterocycles. The molecule has 0 atom stereocenters. The highest BCUT2D eigenvalue weighted by atomic mass is 16.5. The number of Topliss-reactive ketones (excluding diaryl/α,β-unsaturated/α-hetero) is 1. The molecule has 1 aliphatic carbocycles. The maximum Gasteiger partial charge on any atom is 0.341 e. The Morgan fingerprint density at radius 2 is 1.90 bits per heavy atom. The standard InChI is InChI=1S/C17H21NO3/c1-18(2)11-10-15(16(19)14-8-9-14)17(20)21-12-13-6-4-3-5-7-13/h3-7,10,14H,8-9,11-12H2,1-2H3/b15-10-.